The molecule has 0 saturated heterocycles. The van der Waals surface area contributed by atoms with Crippen molar-refractivity contribution in [2.45, 2.75) is 6.42 Å². The molecule has 7 aromatic carbocycles. The minimum absolute atomic E-state index is 0.832. The third kappa shape index (κ3) is 4.20. The molecule has 1 aliphatic carbocycles. The Balaban J connectivity index is 1.09. The topological polar surface area (TPSA) is 35.6 Å². The number of hydrogen-bond acceptors (Lipinski definition) is 2. The Bertz CT molecular complexity index is 2980. The molecule has 0 bridgehead atoms. The Morgan fingerprint density at radius 2 is 1.02 bits per heavy atom. The molecule has 0 N–H and O–H groups in total. The quantitative estimate of drug-likeness (QED) is 0.190. The van der Waals surface area contributed by atoms with E-state index in [0.29, 0.717) is 0 Å². The highest BCUT2D eigenvalue weighted by molar-refractivity contribution is 6.12. The average Bonchev–Trinajstić information content (AvgIpc) is 3.85. The summed E-state index contributed by atoms with van der Waals surface area (Å²) in [5.41, 5.74) is 15.4. The van der Waals surface area contributed by atoms with Crippen LogP contribution >= 0.6 is 0 Å². The Morgan fingerprint density at radius 1 is 0.412 bits per heavy atom. The molecule has 11 rings (SSSR count). The van der Waals surface area contributed by atoms with Crippen LogP contribution in [0.2, 0.25) is 0 Å². The molecule has 0 amide bonds. The molecule has 0 spiro atoms. The predicted octanol–water partition coefficient (Wildman–Crippen LogP) is 11.6. The first-order valence-corrected chi connectivity index (χ1v) is 17.5. The smallest absolute Gasteiger partial charge is 0.149 e. The van der Waals surface area contributed by atoms with Crippen molar-refractivity contribution in [2.24, 2.45) is 0 Å². The maximum atomic E-state index is 4.94. The molecule has 0 unspecified atom stereocenters. The summed E-state index contributed by atoms with van der Waals surface area (Å²) in [6.07, 6.45) is 2.55. The fourth-order valence-electron chi connectivity index (χ4n) is 8.33. The van der Waals surface area contributed by atoms with Gasteiger partial charge in [0.2, 0.25) is 0 Å². The van der Waals surface area contributed by atoms with Crippen LogP contribution in [0.25, 0.3) is 88.5 Å². The lowest BCUT2D eigenvalue weighted by Crippen LogP contribution is -2.02. The minimum Gasteiger partial charge on any atom is -0.309 e. The monoisotopic (exact) mass is 650 g/mol. The molecule has 0 atom stereocenters. The van der Waals surface area contributed by atoms with E-state index in [-0.39, 0.29) is 0 Å². The molecule has 3 aromatic heterocycles. The zero-order valence-corrected chi connectivity index (χ0v) is 27.7. The van der Waals surface area contributed by atoms with Crippen LogP contribution in [0.1, 0.15) is 11.3 Å². The zero-order valence-electron chi connectivity index (χ0n) is 27.7. The van der Waals surface area contributed by atoms with Crippen molar-refractivity contribution in [3.63, 3.8) is 0 Å². The first-order valence-electron chi connectivity index (χ1n) is 17.5. The first-order chi connectivity index (χ1) is 25.3. The molecule has 238 valence electrons. The lowest BCUT2D eigenvalue weighted by molar-refractivity contribution is 1.00. The fraction of sp³-hybridized carbons (Fsp3) is 0.0213. The largest absolute Gasteiger partial charge is 0.309 e. The van der Waals surface area contributed by atoms with Gasteiger partial charge in [0, 0.05) is 39.2 Å². The Labute approximate surface area is 294 Å². The summed E-state index contributed by atoms with van der Waals surface area (Å²) in [7, 11) is 0. The number of nitrogens with zero attached hydrogens (tertiary/aromatic N) is 4. The summed E-state index contributed by atoms with van der Waals surface area (Å²) in [4.78, 5) is 9.66. The van der Waals surface area contributed by atoms with Gasteiger partial charge in [0.1, 0.15) is 12.1 Å². The van der Waals surface area contributed by atoms with E-state index < -0.39 is 0 Å². The van der Waals surface area contributed by atoms with E-state index in [9.17, 15) is 0 Å². The minimum atomic E-state index is 0.832. The molecule has 0 radical (unpaired) electrons. The molecule has 1 aliphatic rings. The van der Waals surface area contributed by atoms with E-state index in [1.165, 1.54) is 66.0 Å². The van der Waals surface area contributed by atoms with E-state index in [1.54, 1.807) is 6.33 Å². The van der Waals surface area contributed by atoms with Crippen LogP contribution in [-0.4, -0.2) is 19.1 Å². The molecule has 0 aliphatic heterocycles. The fourth-order valence-corrected chi connectivity index (χ4v) is 8.33. The summed E-state index contributed by atoms with van der Waals surface area (Å²) < 4.78 is 4.73. The van der Waals surface area contributed by atoms with Gasteiger partial charge >= 0.3 is 0 Å². The number of rotatable bonds is 4. The number of benzene rings is 7. The molecule has 0 saturated carbocycles. The number of para-hydroxylation sites is 2. The SMILES string of the molecule is c1ccc(-c2ccc(-n3c4ccccc4c4ccc(-c5ccc6c(c5)c5ccccc5n6-c5ncnc6c5-c5ccccc5C6)cc43)cc2)cc1. The molecular weight excluding hydrogens is 621 g/mol. The summed E-state index contributed by atoms with van der Waals surface area (Å²) in [5.74, 6) is 0.938. The highest BCUT2D eigenvalue weighted by Crippen LogP contribution is 2.42. The van der Waals surface area contributed by atoms with Crippen molar-refractivity contribution in [1.29, 1.82) is 0 Å². The Hall–Kier alpha value is -6.78. The number of aromatic nitrogens is 4. The van der Waals surface area contributed by atoms with E-state index in [2.05, 4.69) is 173 Å². The van der Waals surface area contributed by atoms with E-state index in [0.717, 1.165) is 40.2 Å². The van der Waals surface area contributed by atoms with Crippen LogP contribution in [0, 0.1) is 0 Å². The van der Waals surface area contributed by atoms with Gasteiger partial charge in [-0.3, -0.25) is 4.57 Å². The number of hydrogen-bond donors (Lipinski definition) is 0. The van der Waals surface area contributed by atoms with Gasteiger partial charge < -0.3 is 4.57 Å². The third-order valence-corrected chi connectivity index (χ3v) is 10.7. The Morgan fingerprint density at radius 3 is 1.86 bits per heavy atom. The van der Waals surface area contributed by atoms with Gasteiger partial charge in [-0.25, -0.2) is 9.97 Å². The second kappa shape index (κ2) is 10.9. The van der Waals surface area contributed by atoms with Crippen molar-refractivity contribution < 1.29 is 0 Å². The first kappa shape index (κ1) is 28.1. The van der Waals surface area contributed by atoms with Crippen molar-refractivity contribution in [3.05, 3.63) is 181 Å². The van der Waals surface area contributed by atoms with E-state index in [1.807, 2.05) is 0 Å². The zero-order chi connectivity index (χ0) is 33.5. The van der Waals surface area contributed by atoms with Crippen LogP contribution in [0.15, 0.2) is 170 Å². The molecule has 4 nitrogen and oxygen atoms in total. The summed E-state index contributed by atoms with van der Waals surface area (Å²) in [6.45, 7) is 0. The van der Waals surface area contributed by atoms with Gasteiger partial charge in [0.25, 0.3) is 0 Å². The van der Waals surface area contributed by atoms with Gasteiger partial charge in [0.15, 0.2) is 0 Å². The van der Waals surface area contributed by atoms with E-state index in [4.69, 9.17) is 9.97 Å². The Kier molecular flexibility index (Phi) is 5.98. The molecule has 0 fully saturated rings. The van der Waals surface area contributed by atoms with Crippen LogP contribution < -0.4 is 0 Å². The van der Waals surface area contributed by atoms with Gasteiger partial charge in [0.05, 0.1) is 27.8 Å². The van der Waals surface area contributed by atoms with Crippen molar-refractivity contribution in [3.8, 4) is 44.9 Å². The lowest BCUT2D eigenvalue weighted by atomic mass is 10.0. The highest BCUT2D eigenvalue weighted by atomic mass is 15.1. The predicted molar refractivity (Wildman–Crippen MR) is 210 cm³/mol. The second-order valence-corrected chi connectivity index (χ2v) is 13.4. The van der Waals surface area contributed by atoms with Crippen molar-refractivity contribution in [2.75, 3.05) is 0 Å². The molecule has 51 heavy (non-hydrogen) atoms. The highest BCUT2D eigenvalue weighted by Gasteiger charge is 2.26. The standard InChI is InChI=1S/C47H30N4/c1-2-10-30(11-3-1)31-18-22-35(23-19-31)50-42-16-8-6-14-37(42)39-24-20-33(28-45(39)50)32-21-25-44-40(26-32)38-15-7-9-17-43(38)51(44)47-46-36-13-5-4-12-34(36)27-41(46)48-29-49-47/h1-26,28-29H,27H2. The van der Waals surface area contributed by atoms with Gasteiger partial charge in [-0.15, -0.1) is 0 Å². The van der Waals surface area contributed by atoms with Crippen LogP contribution in [-0.2, 0) is 6.42 Å². The molecule has 3 heterocycles. The summed E-state index contributed by atoms with van der Waals surface area (Å²) >= 11 is 0. The van der Waals surface area contributed by atoms with Crippen LogP contribution in [0.5, 0.6) is 0 Å². The maximum Gasteiger partial charge on any atom is 0.149 e. The van der Waals surface area contributed by atoms with Crippen molar-refractivity contribution >= 4 is 43.6 Å². The second-order valence-electron chi connectivity index (χ2n) is 13.4. The van der Waals surface area contributed by atoms with Gasteiger partial charge in [-0.1, -0.05) is 121 Å². The van der Waals surface area contributed by atoms with Crippen LogP contribution in [0.4, 0.5) is 0 Å². The maximum absolute atomic E-state index is 4.94. The van der Waals surface area contributed by atoms with Crippen LogP contribution in [0.3, 0.4) is 0 Å². The van der Waals surface area contributed by atoms with E-state index >= 15 is 0 Å². The molecule has 4 heteroatoms. The van der Waals surface area contributed by atoms with Gasteiger partial charge in [-0.2, -0.15) is 0 Å². The molecule has 10 aromatic rings. The normalized spacial score (nSPS) is 12.2. The number of fused-ring (bicyclic) bond motifs is 9. The summed E-state index contributed by atoms with van der Waals surface area (Å²) in [6, 6.07) is 59.3. The summed E-state index contributed by atoms with van der Waals surface area (Å²) in [5, 5.41) is 4.92. The van der Waals surface area contributed by atoms with Crippen molar-refractivity contribution in [1.82, 2.24) is 19.1 Å². The average molecular weight is 651 g/mol. The lowest BCUT2D eigenvalue weighted by Gasteiger charge is -2.12. The van der Waals surface area contributed by atoms with Gasteiger partial charge in [-0.05, 0) is 75.8 Å². The molecular formula is C47H30N4. The third-order valence-electron chi connectivity index (χ3n) is 10.7.